The molecular formula is C20H34O5. The molecule has 1 aromatic heterocycles. The Balaban J connectivity index is 2.46. The van der Waals surface area contributed by atoms with Gasteiger partial charge in [-0.15, -0.1) is 0 Å². The molecule has 25 heavy (non-hydrogen) atoms. The van der Waals surface area contributed by atoms with Crippen molar-refractivity contribution in [2.75, 3.05) is 0 Å². The van der Waals surface area contributed by atoms with Gasteiger partial charge in [0.2, 0.25) is 0 Å². The van der Waals surface area contributed by atoms with E-state index in [9.17, 15) is 15.0 Å². The van der Waals surface area contributed by atoms with Gasteiger partial charge in [0.25, 0.3) is 0 Å². The van der Waals surface area contributed by atoms with Gasteiger partial charge in [0, 0.05) is 30.4 Å². The van der Waals surface area contributed by atoms with Gasteiger partial charge in [0.15, 0.2) is 0 Å². The summed E-state index contributed by atoms with van der Waals surface area (Å²) in [5, 5.41) is 27.9. The van der Waals surface area contributed by atoms with Crippen LogP contribution in [0.2, 0.25) is 0 Å². The summed E-state index contributed by atoms with van der Waals surface area (Å²) >= 11 is 0. The fraction of sp³-hybridized carbons (Fsp3) is 0.750. The first-order valence-corrected chi connectivity index (χ1v) is 9.69. The number of hydrogen-bond donors (Lipinski definition) is 3. The van der Waals surface area contributed by atoms with E-state index in [1.54, 1.807) is 0 Å². The predicted octanol–water partition coefficient (Wildman–Crippen LogP) is 4.35. The lowest BCUT2D eigenvalue weighted by Crippen LogP contribution is -1.97. The Labute approximate surface area is 151 Å². The van der Waals surface area contributed by atoms with Crippen LogP contribution in [0.25, 0.3) is 0 Å². The van der Waals surface area contributed by atoms with Crippen molar-refractivity contribution >= 4 is 5.97 Å². The zero-order valence-corrected chi connectivity index (χ0v) is 15.6. The number of carboxylic acids is 1. The number of aliphatic carboxylic acids is 1. The van der Waals surface area contributed by atoms with Gasteiger partial charge in [0.1, 0.15) is 11.5 Å². The van der Waals surface area contributed by atoms with Crippen molar-refractivity contribution in [3.05, 3.63) is 22.6 Å². The summed E-state index contributed by atoms with van der Waals surface area (Å²) in [6, 6.07) is 0. The molecule has 0 spiro atoms. The minimum atomic E-state index is -0.730. The van der Waals surface area contributed by atoms with Crippen LogP contribution < -0.4 is 0 Å². The highest BCUT2D eigenvalue weighted by molar-refractivity contribution is 5.66. The molecule has 1 rings (SSSR count). The number of furan rings is 1. The second-order valence-corrected chi connectivity index (χ2v) is 6.69. The van der Waals surface area contributed by atoms with Crippen LogP contribution in [0.3, 0.4) is 0 Å². The van der Waals surface area contributed by atoms with Crippen molar-refractivity contribution in [1.82, 2.24) is 0 Å². The van der Waals surface area contributed by atoms with E-state index in [1.165, 1.54) is 12.8 Å². The maximum atomic E-state index is 10.5. The number of carboxylic acid groups (broad SMARTS) is 1. The van der Waals surface area contributed by atoms with Gasteiger partial charge >= 0.3 is 5.97 Å². The van der Waals surface area contributed by atoms with E-state index in [0.717, 1.165) is 80.4 Å². The Hall–Kier alpha value is -1.33. The third kappa shape index (κ3) is 8.06. The molecule has 0 aliphatic carbocycles. The van der Waals surface area contributed by atoms with Crippen molar-refractivity contribution in [2.24, 2.45) is 0 Å². The summed E-state index contributed by atoms with van der Waals surface area (Å²) in [6.07, 6.45) is 11.1. The zero-order valence-electron chi connectivity index (χ0n) is 15.6. The van der Waals surface area contributed by atoms with Crippen molar-refractivity contribution in [3.8, 4) is 0 Å². The molecule has 3 N–H and O–H groups in total. The Morgan fingerprint density at radius 1 is 0.800 bits per heavy atom. The first-order chi connectivity index (χ1) is 12.1. The largest absolute Gasteiger partial charge is 0.481 e. The molecular weight excluding hydrogens is 320 g/mol. The Morgan fingerprint density at radius 2 is 1.28 bits per heavy atom. The number of aliphatic hydroxyl groups is 2. The lowest BCUT2D eigenvalue weighted by atomic mass is 10.0. The average Bonchev–Trinajstić information content (AvgIpc) is 2.94. The highest BCUT2D eigenvalue weighted by atomic mass is 16.4. The fourth-order valence-electron chi connectivity index (χ4n) is 3.18. The SMILES string of the molecule is CCCCCCc1oc(CCCCCCCC(=O)O)c(CO)c1CO. The summed E-state index contributed by atoms with van der Waals surface area (Å²) in [6.45, 7) is 2.00. The van der Waals surface area contributed by atoms with Gasteiger partial charge in [-0.2, -0.15) is 0 Å². The van der Waals surface area contributed by atoms with Gasteiger partial charge in [-0.25, -0.2) is 0 Å². The third-order valence-electron chi connectivity index (χ3n) is 4.65. The van der Waals surface area contributed by atoms with E-state index in [2.05, 4.69) is 6.92 Å². The van der Waals surface area contributed by atoms with Crippen LogP contribution >= 0.6 is 0 Å². The first kappa shape index (κ1) is 21.7. The molecule has 0 fully saturated rings. The van der Waals surface area contributed by atoms with Crippen LogP contribution in [0.15, 0.2) is 4.42 Å². The molecule has 144 valence electrons. The quantitative estimate of drug-likeness (QED) is 0.407. The van der Waals surface area contributed by atoms with Crippen molar-refractivity contribution < 1.29 is 24.5 Å². The average molecular weight is 354 g/mol. The summed E-state index contributed by atoms with van der Waals surface area (Å²) in [7, 11) is 0. The molecule has 0 amide bonds. The highest BCUT2D eigenvalue weighted by Gasteiger charge is 2.18. The second-order valence-electron chi connectivity index (χ2n) is 6.69. The highest BCUT2D eigenvalue weighted by Crippen LogP contribution is 2.27. The van der Waals surface area contributed by atoms with Crippen molar-refractivity contribution in [1.29, 1.82) is 0 Å². The van der Waals surface area contributed by atoms with Crippen molar-refractivity contribution in [2.45, 2.75) is 97.2 Å². The lowest BCUT2D eigenvalue weighted by molar-refractivity contribution is -0.137. The van der Waals surface area contributed by atoms with E-state index in [4.69, 9.17) is 9.52 Å². The fourth-order valence-corrected chi connectivity index (χ4v) is 3.18. The van der Waals surface area contributed by atoms with Gasteiger partial charge < -0.3 is 19.7 Å². The van der Waals surface area contributed by atoms with Gasteiger partial charge in [-0.05, 0) is 19.3 Å². The molecule has 1 aromatic rings. The molecule has 0 saturated heterocycles. The Bertz CT molecular complexity index is 493. The number of aliphatic hydroxyl groups excluding tert-OH is 2. The number of carbonyl (C=O) groups is 1. The molecule has 0 aliphatic heterocycles. The van der Waals surface area contributed by atoms with Crippen LogP contribution in [0.5, 0.6) is 0 Å². The Kier molecular flexibility index (Phi) is 11.2. The number of hydrogen-bond acceptors (Lipinski definition) is 4. The Morgan fingerprint density at radius 3 is 1.76 bits per heavy atom. The topological polar surface area (TPSA) is 90.9 Å². The van der Waals surface area contributed by atoms with Gasteiger partial charge in [0.05, 0.1) is 13.2 Å². The normalized spacial score (nSPS) is 11.2. The van der Waals surface area contributed by atoms with Crippen LogP contribution in [0, 0.1) is 0 Å². The molecule has 0 saturated carbocycles. The summed E-state index contributed by atoms with van der Waals surface area (Å²) in [5.41, 5.74) is 1.54. The molecule has 0 aliphatic rings. The van der Waals surface area contributed by atoms with Gasteiger partial charge in [-0.1, -0.05) is 45.4 Å². The number of aryl methyl sites for hydroxylation is 2. The molecule has 5 nitrogen and oxygen atoms in total. The van der Waals surface area contributed by atoms with E-state index in [-0.39, 0.29) is 19.6 Å². The lowest BCUT2D eigenvalue weighted by Gasteiger charge is -2.02. The summed E-state index contributed by atoms with van der Waals surface area (Å²) < 4.78 is 5.97. The molecule has 0 radical (unpaired) electrons. The van der Waals surface area contributed by atoms with Crippen LogP contribution in [0.4, 0.5) is 0 Å². The predicted molar refractivity (Wildman–Crippen MR) is 97.4 cm³/mol. The van der Waals surface area contributed by atoms with Crippen LogP contribution in [-0.2, 0) is 30.8 Å². The first-order valence-electron chi connectivity index (χ1n) is 9.69. The minimum Gasteiger partial charge on any atom is -0.481 e. The molecule has 0 aromatic carbocycles. The zero-order chi connectivity index (χ0) is 18.5. The van der Waals surface area contributed by atoms with E-state index in [0.29, 0.717) is 0 Å². The van der Waals surface area contributed by atoms with Crippen molar-refractivity contribution in [3.63, 3.8) is 0 Å². The molecule has 5 heteroatoms. The third-order valence-corrected chi connectivity index (χ3v) is 4.65. The van der Waals surface area contributed by atoms with Crippen LogP contribution in [-0.4, -0.2) is 21.3 Å². The second kappa shape index (κ2) is 13.0. The standard InChI is InChI=1S/C20H34O5/c1-2-3-4-8-11-18-16(14-21)17(15-22)19(25-18)12-9-6-5-7-10-13-20(23)24/h21-22H,2-15H2,1H3,(H,23,24). The molecule has 0 atom stereocenters. The number of unbranched alkanes of at least 4 members (excludes halogenated alkanes) is 7. The summed E-state index contributed by atoms with van der Waals surface area (Å²) in [4.78, 5) is 10.5. The van der Waals surface area contributed by atoms with E-state index >= 15 is 0 Å². The van der Waals surface area contributed by atoms with Crippen LogP contribution in [0.1, 0.15) is 93.8 Å². The summed E-state index contributed by atoms with van der Waals surface area (Å²) in [5.74, 6) is 0.910. The minimum absolute atomic E-state index is 0.0856. The maximum absolute atomic E-state index is 10.5. The molecule has 0 bridgehead atoms. The number of rotatable bonds is 15. The van der Waals surface area contributed by atoms with E-state index < -0.39 is 5.97 Å². The maximum Gasteiger partial charge on any atom is 0.303 e. The molecule has 1 heterocycles. The van der Waals surface area contributed by atoms with E-state index in [1.807, 2.05) is 0 Å². The monoisotopic (exact) mass is 354 g/mol. The smallest absolute Gasteiger partial charge is 0.303 e. The van der Waals surface area contributed by atoms with Gasteiger partial charge in [-0.3, -0.25) is 4.79 Å². The molecule has 0 unspecified atom stereocenters.